The van der Waals surface area contributed by atoms with Gasteiger partial charge in [-0.25, -0.2) is 8.78 Å². The van der Waals surface area contributed by atoms with Crippen LogP contribution in [0.1, 0.15) is 51.7 Å². The van der Waals surface area contributed by atoms with Crippen LogP contribution in [0.15, 0.2) is 12.1 Å². The zero-order chi connectivity index (χ0) is 11.8. The molecule has 1 rings (SSSR count). The third-order valence-corrected chi connectivity index (χ3v) is 2.52. The van der Waals surface area contributed by atoms with Gasteiger partial charge in [-0.15, -0.1) is 0 Å². The van der Waals surface area contributed by atoms with Crippen molar-refractivity contribution in [3.05, 3.63) is 34.9 Å². The van der Waals surface area contributed by atoms with E-state index in [2.05, 4.69) is 0 Å². The van der Waals surface area contributed by atoms with E-state index in [1.165, 1.54) is 12.1 Å². The molecule has 2 heteroatoms. The molecule has 0 bridgehead atoms. The van der Waals surface area contributed by atoms with Crippen LogP contribution in [-0.2, 0) is 5.41 Å². The highest BCUT2D eigenvalue weighted by molar-refractivity contribution is 5.32. The topological polar surface area (TPSA) is 0 Å². The van der Waals surface area contributed by atoms with Crippen molar-refractivity contribution in [2.75, 3.05) is 0 Å². The number of hydrogen-bond donors (Lipinski definition) is 0. The van der Waals surface area contributed by atoms with E-state index in [0.29, 0.717) is 5.56 Å². The lowest BCUT2D eigenvalue weighted by Gasteiger charge is -2.21. The maximum Gasteiger partial charge on any atom is 0.129 e. The van der Waals surface area contributed by atoms with Crippen LogP contribution in [0.4, 0.5) is 8.78 Å². The lowest BCUT2D eigenvalue weighted by atomic mass is 9.85. The van der Waals surface area contributed by atoms with Crippen LogP contribution in [0.2, 0.25) is 0 Å². The predicted molar refractivity (Wildman–Crippen MR) is 59.1 cm³/mol. The Morgan fingerprint density at radius 1 is 1.00 bits per heavy atom. The Hall–Kier alpha value is -0.920. The maximum atomic E-state index is 13.7. The van der Waals surface area contributed by atoms with Crippen LogP contribution < -0.4 is 0 Å². The third kappa shape index (κ3) is 2.55. The molecule has 0 aliphatic heterocycles. The first-order valence-electron chi connectivity index (χ1n) is 5.23. The second kappa shape index (κ2) is 3.92. The molecule has 0 aromatic heterocycles. The summed E-state index contributed by atoms with van der Waals surface area (Å²) in [6.07, 6.45) is 0. The molecule has 0 aliphatic carbocycles. The van der Waals surface area contributed by atoms with Gasteiger partial charge in [-0.05, 0) is 29.0 Å². The molecule has 0 amide bonds. The van der Waals surface area contributed by atoms with E-state index < -0.39 is 11.6 Å². The van der Waals surface area contributed by atoms with Crippen molar-refractivity contribution >= 4 is 0 Å². The summed E-state index contributed by atoms with van der Waals surface area (Å²) in [5, 5.41) is 0. The van der Waals surface area contributed by atoms with Gasteiger partial charge in [0.05, 0.1) is 0 Å². The van der Waals surface area contributed by atoms with Crippen LogP contribution in [0.3, 0.4) is 0 Å². The molecule has 0 atom stereocenters. The minimum Gasteiger partial charge on any atom is -0.207 e. The first kappa shape index (κ1) is 12.2. The fourth-order valence-corrected chi connectivity index (χ4v) is 1.57. The molecule has 0 saturated heterocycles. The predicted octanol–water partition coefficient (Wildman–Crippen LogP) is 4.39. The summed E-state index contributed by atoms with van der Waals surface area (Å²) in [7, 11) is 0. The molecule has 0 N–H and O–H groups in total. The smallest absolute Gasteiger partial charge is 0.129 e. The normalized spacial score (nSPS) is 12.3. The van der Waals surface area contributed by atoms with Crippen molar-refractivity contribution in [2.45, 2.75) is 46.0 Å². The molecule has 0 fully saturated rings. The summed E-state index contributed by atoms with van der Waals surface area (Å²) < 4.78 is 27.3. The highest BCUT2D eigenvalue weighted by Gasteiger charge is 2.20. The molecule has 0 aliphatic rings. The summed E-state index contributed by atoms with van der Waals surface area (Å²) >= 11 is 0. The molecule has 1 aromatic carbocycles. The van der Waals surface area contributed by atoms with E-state index in [1.807, 2.05) is 20.8 Å². The van der Waals surface area contributed by atoms with Crippen LogP contribution in [0, 0.1) is 11.6 Å². The molecule has 84 valence electrons. The Labute approximate surface area is 90.3 Å². The van der Waals surface area contributed by atoms with Gasteiger partial charge < -0.3 is 0 Å². The maximum absolute atomic E-state index is 13.7. The molecule has 1 aromatic rings. The van der Waals surface area contributed by atoms with Gasteiger partial charge in [0.15, 0.2) is 0 Å². The number of benzene rings is 1. The molecule has 0 saturated carbocycles. The molecule has 0 nitrogen and oxygen atoms in total. The third-order valence-electron chi connectivity index (χ3n) is 2.52. The van der Waals surface area contributed by atoms with E-state index in [-0.39, 0.29) is 16.9 Å². The van der Waals surface area contributed by atoms with E-state index in [4.69, 9.17) is 0 Å². The summed E-state index contributed by atoms with van der Waals surface area (Å²) in [5.74, 6) is -0.996. The number of hydrogen-bond acceptors (Lipinski definition) is 0. The Bertz CT molecular complexity index is 336. The van der Waals surface area contributed by atoms with Gasteiger partial charge in [-0.3, -0.25) is 0 Å². The Morgan fingerprint density at radius 3 is 1.67 bits per heavy atom. The highest BCUT2D eigenvalue weighted by atomic mass is 19.1. The lowest BCUT2D eigenvalue weighted by molar-refractivity contribution is 0.518. The highest BCUT2D eigenvalue weighted by Crippen LogP contribution is 2.29. The molecular weight excluding hydrogens is 194 g/mol. The number of halogens is 2. The van der Waals surface area contributed by atoms with Gasteiger partial charge in [-0.1, -0.05) is 34.6 Å². The lowest BCUT2D eigenvalue weighted by Crippen LogP contribution is -2.13. The van der Waals surface area contributed by atoms with E-state index >= 15 is 0 Å². The SMILES string of the molecule is CC(C)c1c(F)cc(C(C)(C)C)cc1F. The Morgan fingerprint density at radius 2 is 1.40 bits per heavy atom. The van der Waals surface area contributed by atoms with Gasteiger partial charge in [0.1, 0.15) is 11.6 Å². The quantitative estimate of drug-likeness (QED) is 0.647. The average Bonchev–Trinajstić information content (AvgIpc) is 1.99. The van der Waals surface area contributed by atoms with Crippen LogP contribution >= 0.6 is 0 Å². The second-order valence-corrected chi connectivity index (χ2v) is 5.26. The standard InChI is InChI=1S/C13H18F2/c1-8(2)12-10(14)6-9(7-11(12)15)13(3,4)5/h6-8H,1-5H3. The van der Waals surface area contributed by atoms with Gasteiger partial charge in [-0.2, -0.15) is 0 Å². The van der Waals surface area contributed by atoms with Crippen molar-refractivity contribution in [1.29, 1.82) is 0 Å². The largest absolute Gasteiger partial charge is 0.207 e. The first-order valence-corrected chi connectivity index (χ1v) is 5.23. The molecular formula is C13H18F2. The van der Waals surface area contributed by atoms with Crippen molar-refractivity contribution in [1.82, 2.24) is 0 Å². The van der Waals surface area contributed by atoms with Crippen LogP contribution in [0.25, 0.3) is 0 Å². The van der Waals surface area contributed by atoms with Gasteiger partial charge in [0.25, 0.3) is 0 Å². The van der Waals surface area contributed by atoms with E-state index in [9.17, 15) is 8.78 Å². The van der Waals surface area contributed by atoms with Crippen LogP contribution in [0.5, 0.6) is 0 Å². The minimum atomic E-state index is -0.435. The molecule has 15 heavy (non-hydrogen) atoms. The minimum absolute atomic E-state index is 0.126. The fraction of sp³-hybridized carbons (Fsp3) is 0.538. The van der Waals surface area contributed by atoms with Gasteiger partial charge >= 0.3 is 0 Å². The van der Waals surface area contributed by atoms with Crippen molar-refractivity contribution in [2.24, 2.45) is 0 Å². The molecule has 0 heterocycles. The van der Waals surface area contributed by atoms with Crippen molar-refractivity contribution in [3.63, 3.8) is 0 Å². The van der Waals surface area contributed by atoms with Crippen molar-refractivity contribution in [3.8, 4) is 0 Å². The van der Waals surface area contributed by atoms with Gasteiger partial charge in [0, 0.05) is 5.56 Å². The van der Waals surface area contributed by atoms with Gasteiger partial charge in [0.2, 0.25) is 0 Å². The van der Waals surface area contributed by atoms with Crippen LogP contribution in [-0.4, -0.2) is 0 Å². The second-order valence-electron chi connectivity index (χ2n) is 5.26. The van der Waals surface area contributed by atoms with Crippen molar-refractivity contribution < 1.29 is 8.78 Å². The summed E-state index contributed by atoms with van der Waals surface area (Å²) in [4.78, 5) is 0. The molecule has 0 unspecified atom stereocenters. The summed E-state index contributed by atoms with van der Waals surface area (Å²) in [5.41, 5.74) is 0.655. The number of rotatable bonds is 1. The molecule has 0 radical (unpaired) electrons. The summed E-state index contributed by atoms with van der Waals surface area (Å²) in [6.45, 7) is 9.40. The Balaban J connectivity index is 3.32. The first-order chi connectivity index (χ1) is 6.73. The molecule has 0 spiro atoms. The van der Waals surface area contributed by atoms with E-state index in [1.54, 1.807) is 13.8 Å². The zero-order valence-corrected chi connectivity index (χ0v) is 9.99. The monoisotopic (exact) mass is 212 g/mol. The fourth-order valence-electron chi connectivity index (χ4n) is 1.57. The van der Waals surface area contributed by atoms with E-state index in [0.717, 1.165) is 0 Å². The summed E-state index contributed by atoms with van der Waals surface area (Å²) in [6, 6.07) is 2.89. The Kier molecular flexibility index (Phi) is 3.17. The average molecular weight is 212 g/mol. The zero-order valence-electron chi connectivity index (χ0n) is 9.99.